The Morgan fingerprint density at radius 1 is 0.968 bits per heavy atom. The summed E-state index contributed by atoms with van der Waals surface area (Å²) in [6.45, 7) is 3.58. The highest BCUT2D eigenvalue weighted by molar-refractivity contribution is 5.94. The van der Waals surface area contributed by atoms with Gasteiger partial charge in [-0.25, -0.2) is 4.79 Å². The summed E-state index contributed by atoms with van der Waals surface area (Å²) in [4.78, 5) is 59.4. The summed E-state index contributed by atoms with van der Waals surface area (Å²) < 4.78 is 0. The zero-order chi connectivity index (χ0) is 23.6. The Morgan fingerprint density at radius 3 is 2.06 bits per heavy atom. The number of carbonyl (C=O) groups is 5. The van der Waals surface area contributed by atoms with Gasteiger partial charge in [-0.15, -0.1) is 0 Å². The molecule has 0 radical (unpaired) electrons. The van der Waals surface area contributed by atoms with Crippen LogP contribution in [0.25, 0.3) is 0 Å². The summed E-state index contributed by atoms with van der Waals surface area (Å²) in [5, 5.41) is 37.6. The Morgan fingerprint density at radius 2 is 1.58 bits per heavy atom. The van der Waals surface area contributed by atoms with Crippen LogP contribution in [0.3, 0.4) is 0 Å². The van der Waals surface area contributed by atoms with E-state index in [1.54, 1.807) is 13.8 Å². The van der Waals surface area contributed by atoms with Crippen LogP contribution < -0.4 is 21.3 Å². The van der Waals surface area contributed by atoms with Crippen molar-refractivity contribution in [3.63, 3.8) is 0 Å². The zero-order valence-electron chi connectivity index (χ0n) is 17.7. The Bertz CT molecular complexity index is 663. The molecule has 0 bridgehead atoms. The second-order valence-corrected chi connectivity index (χ2v) is 7.92. The molecule has 0 aromatic rings. The number of hydrogen-bond acceptors (Lipinski definition) is 7. The minimum Gasteiger partial charge on any atom is -0.481 e. The summed E-state index contributed by atoms with van der Waals surface area (Å²) in [7, 11) is 0. The van der Waals surface area contributed by atoms with Crippen LogP contribution in [0.2, 0.25) is 0 Å². The molecule has 12 heteroatoms. The summed E-state index contributed by atoms with van der Waals surface area (Å²) in [5.41, 5.74) is 0. The minimum absolute atomic E-state index is 0.0526. The van der Waals surface area contributed by atoms with Crippen LogP contribution in [0, 0.1) is 5.92 Å². The second-order valence-electron chi connectivity index (χ2n) is 7.92. The van der Waals surface area contributed by atoms with Crippen molar-refractivity contribution in [1.82, 2.24) is 21.3 Å². The Labute approximate surface area is 180 Å². The van der Waals surface area contributed by atoms with Crippen LogP contribution in [-0.2, 0) is 24.0 Å². The first kappa shape index (κ1) is 26.3. The molecule has 0 saturated carbocycles. The number of aliphatic carboxylic acids is 2. The summed E-state index contributed by atoms with van der Waals surface area (Å²) in [5.74, 6) is -4.66. The first-order valence-corrected chi connectivity index (χ1v) is 10.2. The van der Waals surface area contributed by atoms with Crippen molar-refractivity contribution < 1.29 is 39.3 Å². The van der Waals surface area contributed by atoms with E-state index < -0.39 is 66.9 Å². The molecule has 176 valence electrons. The Kier molecular flexibility index (Phi) is 10.9. The van der Waals surface area contributed by atoms with Crippen molar-refractivity contribution in [2.75, 3.05) is 13.2 Å². The molecule has 3 amide bonds. The Hall–Kier alpha value is -2.73. The van der Waals surface area contributed by atoms with Gasteiger partial charge in [-0.2, -0.15) is 0 Å². The lowest BCUT2D eigenvalue weighted by atomic mass is 10.0. The van der Waals surface area contributed by atoms with E-state index in [0.717, 1.165) is 6.42 Å². The van der Waals surface area contributed by atoms with Crippen molar-refractivity contribution in [2.24, 2.45) is 5.92 Å². The van der Waals surface area contributed by atoms with E-state index in [9.17, 15) is 34.2 Å². The molecule has 1 fully saturated rings. The van der Waals surface area contributed by atoms with E-state index in [1.807, 2.05) is 0 Å². The van der Waals surface area contributed by atoms with Crippen LogP contribution in [0.4, 0.5) is 0 Å². The third kappa shape index (κ3) is 9.30. The van der Waals surface area contributed by atoms with Gasteiger partial charge >= 0.3 is 11.9 Å². The number of carboxylic acid groups (broad SMARTS) is 2. The lowest BCUT2D eigenvalue weighted by Gasteiger charge is -2.25. The molecule has 1 aliphatic rings. The van der Waals surface area contributed by atoms with Crippen LogP contribution >= 0.6 is 0 Å². The van der Waals surface area contributed by atoms with Crippen LogP contribution in [0.15, 0.2) is 0 Å². The molecule has 7 N–H and O–H groups in total. The summed E-state index contributed by atoms with van der Waals surface area (Å²) in [6.07, 6.45) is 0.822. The molecule has 0 aromatic carbocycles. The average Bonchev–Trinajstić information content (AvgIpc) is 3.22. The fourth-order valence-electron chi connectivity index (χ4n) is 3.15. The van der Waals surface area contributed by atoms with Gasteiger partial charge in [-0.05, 0) is 38.1 Å². The summed E-state index contributed by atoms with van der Waals surface area (Å²) in [6, 6.07) is -4.30. The highest BCUT2D eigenvalue weighted by atomic mass is 16.4. The predicted octanol–water partition coefficient (Wildman–Crippen LogP) is -1.82. The first-order valence-electron chi connectivity index (χ1n) is 10.2. The number of nitrogens with one attached hydrogen (secondary N) is 4. The molecule has 0 aliphatic carbocycles. The van der Waals surface area contributed by atoms with Crippen molar-refractivity contribution in [3.8, 4) is 0 Å². The highest BCUT2D eigenvalue weighted by Crippen LogP contribution is 2.08. The van der Waals surface area contributed by atoms with Gasteiger partial charge in [-0.1, -0.05) is 13.8 Å². The maximum Gasteiger partial charge on any atom is 0.326 e. The van der Waals surface area contributed by atoms with Gasteiger partial charge in [0.05, 0.1) is 12.6 Å². The summed E-state index contributed by atoms with van der Waals surface area (Å²) >= 11 is 0. The number of amides is 3. The number of aliphatic hydroxyl groups is 1. The number of hydrogen-bond donors (Lipinski definition) is 7. The molecule has 4 atom stereocenters. The van der Waals surface area contributed by atoms with Crippen molar-refractivity contribution in [1.29, 1.82) is 0 Å². The van der Waals surface area contributed by atoms with E-state index in [4.69, 9.17) is 5.11 Å². The lowest BCUT2D eigenvalue weighted by Crippen LogP contribution is -2.58. The maximum absolute atomic E-state index is 12.6. The average molecular weight is 444 g/mol. The fraction of sp³-hybridized carbons (Fsp3) is 0.737. The Balaban J connectivity index is 2.80. The molecular weight excluding hydrogens is 412 g/mol. The fourth-order valence-corrected chi connectivity index (χ4v) is 3.15. The van der Waals surface area contributed by atoms with E-state index >= 15 is 0 Å². The number of carboxylic acids is 2. The van der Waals surface area contributed by atoms with E-state index in [2.05, 4.69) is 21.3 Å². The second kappa shape index (κ2) is 12.8. The first-order chi connectivity index (χ1) is 14.5. The molecule has 1 heterocycles. The lowest BCUT2D eigenvalue weighted by molar-refractivity contribution is -0.143. The van der Waals surface area contributed by atoms with Gasteiger partial charge in [0.15, 0.2) is 0 Å². The van der Waals surface area contributed by atoms with Gasteiger partial charge in [0.25, 0.3) is 0 Å². The highest BCUT2D eigenvalue weighted by Gasteiger charge is 2.31. The van der Waals surface area contributed by atoms with Gasteiger partial charge in [0.2, 0.25) is 17.7 Å². The van der Waals surface area contributed by atoms with E-state index in [1.165, 1.54) is 0 Å². The number of carbonyl (C=O) groups excluding carboxylic acids is 3. The normalized spacial score (nSPS) is 18.6. The van der Waals surface area contributed by atoms with E-state index in [-0.39, 0.29) is 18.8 Å². The van der Waals surface area contributed by atoms with E-state index in [0.29, 0.717) is 13.0 Å². The van der Waals surface area contributed by atoms with Crippen molar-refractivity contribution >= 4 is 29.7 Å². The third-order valence-corrected chi connectivity index (χ3v) is 4.79. The molecule has 0 aromatic heterocycles. The topological polar surface area (TPSA) is 194 Å². The van der Waals surface area contributed by atoms with Crippen molar-refractivity contribution in [2.45, 2.75) is 70.1 Å². The van der Waals surface area contributed by atoms with Crippen LogP contribution in [-0.4, -0.2) is 82.3 Å². The largest absolute Gasteiger partial charge is 0.481 e. The quantitative estimate of drug-likeness (QED) is 0.171. The molecule has 31 heavy (non-hydrogen) atoms. The van der Waals surface area contributed by atoms with Crippen LogP contribution in [0.5, 0.6) is 0 Å². The molecular formula is C19H32N4O8. The van der Waals surface area contributed by atoms with Crippen LogP contribution in [0.1, 0.15) is 46.0 Å². The van der Waals surface area contributed by atoms with Crippen molar-refractivity contribution in [3.05, 3.63) is 0 Å². The molecule has 1 aliphatic heterocycles. The van der Waals surface area contributed by atoms with Gasteiger partial charge in [0, 0.05) is 6.42 Å². The monoisotopic (exact) mass is 444 g/mol. The SMILES string of the molecule is CC(C)CC(NC(=O)C(CO)NC(=O)C1CCCN1)C(=O)NC(CCC(=O)O)C(=O)O. The number of aliphatic hydroxyl groups excluding tert-OH is 1. The molecule has 1 rings (SSSR count). The zero-order valence-corrected chi connectivity index (χ0v) is 17.7. The van der Waals surface area contributed by atoms with Gasteiger partial charge < -0.3 is 36.6 Å². The maximum atomic E-state index is 12.6. The molecule has 0 spiro atoms. The predicted molar refractivity (Wildman–Crippen MR) is 108 cm³/mol. The standard InChI is InChI=1S/C19H32N4O8/c1-10(2)8-13(17(28)21-12(19(30)31)5-6-15(25)26)22-18(29)14(9-24)23-16(27)11-4-3-7-20-11/h10-14,20,24H,3-9H2,1-2H3,(H,21,28)(H,22,29)(H,23,27)(H,25,26)(H,30,31). The smallest absolute Gasteiger partial charge is 0.326 e. The molecule has 12 nitrogen and oxygen atoms in total. The minimum atomic E-state index is -1.43. The van der Waals surface area contributed by atoms with Gasteiger partial charge in [0.1, 0.15) is 18.1 Å². The van der Waals surface area contributed by atoms with Gasteiger partial charge in [-0.3, -0.25) is 19.2 Å². The molecule has 1 saturated heterocycles. The molecule has 4 unspecified atom stereocenters. The number of rotatable bonds is 13. The third-order valence-electron chi connectivity index (χ3n) is 4.79.